The van der Waals surface area contributed by atoms with E-state index in [1.165, 1.54) is 6.07 Å². The van der Waals surface area contributed by atoms with E-state index in [2.05, 4.69) is 0 Å². The molecule has 1 aromatic heterocycles. The van der Waals surface area contributed by atoms with E-state index in [1.807, 2.05) is 54.1 Å². The maximum absolute atomic E-state index is 12.7. The number of benzene rings is 2. The molecule has 0 saturated heterocycles. The number of aromatic carboxylic acids is 1. The highest BCUT2D eigenvalue weighted by atomic mass is 35.5. The van der Waals surface area contributed by atoms with Crippen molar-refractivity contribution in [3.63, 3.8) is 0 Å². The van der Waals surface area contributed by atoms with Crippen LogP contribution in [0.4, 0.5) is 0 Å². The van der Waals surface area contributed by atoms with Crippen molar-refractivity contribution in [2.45, 2.75) is 13.5 Å². The van der Waals surface area contributed by atoms with E-state index in [4.69, 9.17) is 11.6 Å². The van der Waals surface area contributed by atoms with E-state index < -0.39 is 5.97 Å². The molecule has 0 aliphatic carbocycles. The molecule has 0 spiro atoms. The normalized spacial score (nSPS) is 11.0. The van der Waals surface area contributed by atoms with Crippen molar-refractivity contribution >= 4 is 29.4 Å². The average molecular weight is 380 g/mol. The van der Waals surface area contributed by atoms with Crippen LogP contribution in [0.5, 0.6) is 0 Å². The topological polar surface area (TPSA) is 59.3 Å². The molecule has 1 heterocycles. The molecule has 3 rings (SSSR count). The highest BCUT2D eigenvalue weighted by Gasteiger charge is 2.13. The number of halogens is 1. The van der Waals surface area contributed by atoms with Crippen molar-refractivity contribution in [3.8, 4) is 0 Å². The zero-order valence-electron chi connectivity index (χ0n) is 14.7. The van der Waals surface area contributed by atoms with Crippen LogP contribution >= 0.6 is 11.6 Å². The fourth-order valence-electron chi connectivity index (χ4n) is 2.78. The summed E-state index contributed by atoms with van der Waals surface area (Å²) >= 11 is 5.87. The maximum atomic E-state index is 12.7. The monoisotopic (exact) mass is 379 g/mol. The van der Waals surface area contributed by atoms with Gasteiger partial charge in [0, 0.05) is 23.3 Å². The Bertz CT molecular complexity index is 1020. The molecule has 0 atom stereocenters. The molecule has 136 valence electrons. The Labute approximate surface area is 162 Å². The lowest BCUT2D eigenvalue weighted by atomic mass is 10.1. The van der Waals surface area contributed by atoms with Gasteiger partial charge in [-0.3, -0.25) is 4.79 Å². The summed E-state index contributed by atoms with van der Waals surface area (Å²) in [5.74, 6) is -1.08. The van der Waals surface area contributed by atoms with Crippen molar-refractivity contribution in [3.05, 3.63) is 99.8 Å². The van der Waals surface area contributed by atoms with E-state index in [0.29, 0.717) is 28.4 Å². The van der Waals surface area contributed by atoms with E-state index >= 15 is 0 Å². The summed E-state index contributed by atoms with van der Waals surface area (Å²) in [6, 6.07) is 15.8. The highest BCUT2D eigenvalue weighted by molar-refractivity contribution is 6.31. The Balaban J connectivity index is 1.80. The summed E-state index contributed by atoms with van der Waals surface area (Å²) in [5, 5.41) is 9.67. The van der Waals surface area contributed by atoms with Crippen molar-refractivity contribution in [1.82, 2.24) is 4.57 Å². The third-order valence-corrected chi connectivity index (χ3v) is 4.46. The molecule has 0 aliphatic heterocycles. The van der Waals surface area contributed by atoms with Crippen LogP contribution in [0.3, 0.4) is 0 Å². The van der Waals surface area contributed by atoms with Crippen molar-refractivity contribution in [2.75, 3.05) is 0 Å². The van der Waals surface area contributed by atoms with Gasteiger partial charge in [0.1, 0.15) is 0 Å². The van der Waals surface area contributed by atoms with Crippen LogP contribution in [0.1, 0.15) is 37.5 Å². The number of aryl methyl sites for hydroxylation is 1. The summed E-state index contributed by atoms with van der Waals surface area (Å²) in [5.41, 5.74) is 3.02. The number of hydrogen-bond donors (Lipinski definition) is 1. The number of rotatable bonds is 6. The molecule has 0 fully saturated rings. The second-order valence-corrected chi connectivity index (χ2v) is 6.62. The second-order valence-electron chi connectivity index (χ2n) is 6.18. The van der Waals surface area contributed by atoms with Crippen LogP contribution in [0.25, 0.3) is 6.08 Å². The molecule has 4 nitrogen and oxygen atoms in total. The van der Waals surface area contributed by atoms with Gasteiger partial charge in [0.05, 0.1) is 11.3 Å². The Kier molecular flexibility index (Phi) is 5.57. The number of allylic oxidation sites excluding steroid dienone is 1. The minimum absolute atomic E-state index is 0.0499. The van der Waals surface area contributed by atoms with Crippen molar-refractivity contribution in [2.24, 2.45) is 0 Å². The number of carbonyl (C=O) groups excluding carboxylic acids is 1. The van der Waals surface area contributed by atoms with Gasteiger partial charge in [-0.2, -0.15) is 0 Å². The van der Waals surface area contributed by atoms with Gasteiger partial charge in [-0.25, -0.2) is 4.79 Å². The molecular weight excluding hydrogens is 362 g/mol. The minimum atomic E-state index is -1.03. The van der Waals surface area contributed by atoms with E-state index in [0.717, 1.165) is 5.56 Å². The predicted octanol–water partition coefficient (Wildman–Crippen LogP) is 5.09. The third-order valence-electron chi connectivity index (χ3n) is 4.22. The average Bonchev–Trinajstić information content (AvgIpc) is 3.11. The quantitative estimate of drug-likeness (QED) is 0.606. The Morgan fingerprint density at radius 3 is 2.56 bits per heavy atom. The first-order valence-corrected chi connectivity index (χ1v) is 8.79. The van der Waals surface area contributed by atoms with Gasteiger partial charge in [-0.1, -0.05) is 59.6 Å². The van der Waals surface area contributed by atoms with Crippen molar-refractivity contribution < 1.29 is 14.7 Å². The summed E-state index contributed by atoms with van der Waals surface area (Å²) in [6.07, 6.45) is 5.37. The van der Waals surface area contributed by atoms with Gasteiger partial charge >= 0.3 is 5.97 Å². The highest BCUT2D eigenvalue weighted by Crippen LogP contribution is 2.18. The summed E-state index contributed by atoms with van der Waals surface area (Å²) < 4.78 is 1.83. The third kappa shape index (κ3) is 4.36. The fraction of sp³-hybridized carbons (Fsp3) is 0.0909. The maximum Gasteiger partial charge on any atom is 0.336 e. The van der Waals surface area contributed by atoms with Gasteiger partial charge in [0.25, 0.3) is 0 Å². The molecule has 1 N–H and O–H groups in total. The molecule has 0 saturated carbocycles. The number of carbonyl (C=O) groups is 2. The first-order valence-electron chi connectivity index (χ1n) is 8.41. The second kappa shape index (κ2) is 8.06. The van der Waals surface area contributed by atoms with Gasteiger partial charge in [-0.05, 0) is 36.8 Å². The minimum Gasteiger partial charge on any atom is -0.478 e. The Hall–Kier alpha value is -3.11. The van der Waals surface area contributed by atoms with E-state index in [-0.39, 0.29) is 11.3 Å². The van der Waals surface area contributed by atoms with E-state index in [1.54, 1.807) is 24.3 Å². The molecule has 2 aromatic carbocycles. The zero-order chi connectivity index (χ0) is 19.4. The van der Waals surface area contributed by atoms with Crippen LogP contribution < -0.4 is 0 Å². The van der Waals surface area contributed by atoms with Crippen LogP contribution in [-0.2, 0) is 6.54 Å². The van der Waals surface area contributed by atoms with Gasteiger partial charge in [0.15, 0.2) is 0 Å². The fourth-order valence-corrected chi connectivity index (χ4v) is 2.96. The molecule has 0 bridgehead atoms. The van der Waals surface area contributed by atoms with Crippen molar-refractivity contribution in [1.29, 1.82) is 0 Å². The first-order chi connectivity index (χ1) is 13.0. The molecule has 0 radical (unpaired) electrons. The van der Waals surface area contributed by atoms with Crippen LogP contribution in [-0.4, -0.2) is 21.4 Å². The number of carboxylic acids is 1. The lowest BCUT2D eigenvalue weighted by molar-refractivity contribution is 0.0696. The summed E-state index contributed by atoms with van der Waals surface area (Å²) in [7, 11) is 0. The number of nitrogens with zero attached hydrogens (tertiary/aromatic N) is 1. The lowest BCUT2D eigenvalue weighted by Gasteiger charge is -2.07. The Morgan fingerprint density at radius 2 is 1.85 bits per heavy atom. The molecule has 0 unspecified atom stereocenters. The molecule has 0 amide bonds. The SMILES string of the molecule is Cc1ccc(C(=O)c2cccn2CC=Cc2ccc(Cl)cc2C(=O)O)cc1. The molecule has 0 aliphatic rings. The first kappa shape index (κ1) is 18.7. The molecule has 3 aromatic rings. The molecule has 27 heavy (non-hydrogen) atoms. The summed E-state index contributed by atoms with van der Waals surface area (Å²) in [4.78, 5) is 24.1. The van der Waals surface area contributed by atoms with Crippen LogP contribution in [0.15, 0.2) is 66.9 Å². The number of aromatic nitrogens is 1. The largest absolute Gasteiger partial charge is 0.478 e. The standard InChI is InChI=1S/C22H18ClNO3/c1-15-6-8-17(9-7-15)21(25)20-5-3-13-24(20)12-2-4-16-10-11-18(23)14-19(16)22(26)27/h2-11,13-14H,12H2,1H3,(H,26,27). The van der Waals surface area contributed by atoms with Gasteiger partial charge in [0.2, 0.25) is 5.78 Å². The number of hydrogen-bond acceptors (Lipinski definition) is 2. The number of carboxylic acid groups (broad SMARTS) is 1. The predicted molar refractivity (Wildman–Crippen MR) is 106 cm³/mol. The van der Waals surface area contributed by atoms with Crippen LogP contribution in [0.2, 0.25) is 5.02 Å². The zero-order valence-corrected chi connectivity index (χ0v) is 15.5. The number of ketones is 1. The van der Waals surface area contributed by atoms with E-state index in [9.17, 15) is 14.7 Å². The molecular formula is C22H18ClNO3. The lowest BCUT2D eigenvalue weighted by Crippen LogP contribution is -2.09. The van der Waals surface area contributed by atoms with Gasteiger partial charge < -0.3 is 9.67 Å². The van der Waals surface area contributed by atoms with Crippen LogP contribution in [0, 0.1) is 6.92 Å². The Morgan fingerprint density at radius 1 is 1.11 bits per heavy atom. The molecule has 5 heteroatoms. The van der Waals surface area contributed by atoms with Gasteiger partial charge in [-0.15, -0.1) is 0 Å². The smallest absolute Gasteiger partial charge is 0.336 e. The summed E-state index contributed by atoms with van der Waals surface area (Å²) in [6.45, 7) is 2.42.